The van der Waals surface area contributed by atoms with E-state index in [9.17, 15) is 13.6 Å². The molecular weight excluding hydrogens is 366 g/mol. The number of imidazole rings is 1. The van der Waals surface area contributed by atoms with Gasteiger partial charge in [0.1, 0.15) is 5.75 Å². The van der Waals surface area contributed by atoms with E-state index in [2.05, 4.69) is 4.98 Å². The molecule has 3 rings (SSSR count). The first kappa shape index (κ1) is 18.1. The molecule has 0 aliphatic heterocycles. The van der Waals surface area contributed by atoms with Gasteiger partial charge < -0.3 is 9.47 Å². The van der Waals surface area contributed by atoms with Gasteiger partial charge in [0.25, 0.3) is 0 Å². The number of fused-ring (bicyclic) bond motifs is 1. The minimum absolute atomic E-state index is 0.0349. The van der Waals surface area contributed by atoms with Gasteiger partial charge in [-0.2, -0.15) is 8.78 Å². The van der Waals surface area contributed by atoms with Crippen LogP contribution in [0, 0.1) is 0 Å². The summed E-state index contributed by atoms with van der Waals surface area (Å²) in [6.07, 6.45) is -0.973. The van der Waals surface area contributed by atoms with Gasteiger partial charge in [0.05, 0.1) is 16.1 Å². The zero-order valence-corrected chi connectivity index (χ0v) is 14.5. The van der Waals surface area contributed by atoms with Crippen molar-refractivity contribution in [1.82, 2.24) is 9.55 Å². The Morgan fingerprint density at radius 3 is 2.62 bits per heavy atom. The van der Waals surface area contributed by atoms with Crippen LogP contribution < -0.4 is 4.74 Å². The molecule has 0 fully saturated rings. The molecule has 0 amide bonds. The van der Waals surface area contributed by atoms with E-state index in [1.807, 2.05) is 0 Å². The van der Waals surface area contributed by atoms with E-state index < -0.39 is 25.2 Å². The van der Waals surface area contributed by atoms with Crippen LogP contribution in [0.4, 0.5) is 8.78 Å². The number of alkyl halides is 2. The van der Waals surface area contributed by atoms with Gasteiger partial charge in [0.15, 0.2) is 18.5 Å². The zero-order chi connectivity index (χ0) is 18.7. The number of rotatable bonds is 6. The van der Waals surface area contributed by atoms with Gasteiger partial charge in [0.2, 0.25) is 0 Å². The Hall–Kier alpha value is -2.67. The molecule has 2 aromatic carbocycles. The SMILES string of the molecule is C[C@H](OC(=O)COc1ccccc1Cl)c1nc2ccccc2n1C(F)F. The molecule has 0 saturated carbocycles. The lowest BCUT2D eigenvalue weighted by atomic mass is 10.3. The first-order valence-electron chi connectivity index (χ1n) is 7.79. The summed E-state index contributed by atoms with van der Waals surface area (Å²) in [5.41, 5.74) is 0.672. The van der Waals surface area contributed by atoms with Gasteiger partial charge >= 0.3 is 12.5 Å². The summed E-state index contributed by atoms with van der Waals surface area (Å²) in [6, 6.07) is 13.2. The predicted octanol–water partition coefficient (Wildman–Crippen LogP) is 4.77. The van der Waals surface area contributed by atoms with E-state index in [-0.39, 0.29) is 11.3 Å². The van der Waals surface area contributed by atoms with Crippen molar-refractivity contribution >= 4 is 28.6 Å². The van der Waals surface area contributed by atoms with E-state index in [0.717, 1.165) is 4.57 Å². The van der Waals surface area contributed by atoms with E-state index in [4.69, 9.17) is 21.1 Å². The Kier molecular flexibility index (Phi) is 5.37. The van der Waals surface area contributed by atoms with Gasteiger partial charge in [0, 0.05) is 0 Å². The number of ether oxygens (including phenoxy) is 2. The molecule has 0 unspecified atom stereocenters. The van der Waals surface area contributed by atoms with Gasteiger partial charge in [-0.05, 0) is 31.2 Å². The number of carbonyl (C=O) groups is 1. The molecule has 5 nitrogen and oxygen atoms in total. The molecule has 3 aromatic rings. The fraction of sp³-hybridized carbons (Fsp3) is 0.222. The number of halogens is 3. The average Bonchev–Trinajstić information content (AvgIpc) is 3.01. The van der Waals surface area contributed by atoms with Crippen LogP contribution in [0.5, 0.6) is 5.75 Å². The average molecular weight is 381 g/mol. The predicted molar refractivity (Wildman–Crippen MR) is 92.4 cm³/mol. The van der Waals surface area contributed by atoms with Gasteiger partial charge in [-0.3, -0.25) is 4.57 Å². The highest BCUT2D eigenvalue weighted by molar-refractivity contribution is 6.32. The van der Waals surface area contributed by atoms with Crippen LogP contribution in [0.1, 0.15) is 25.4 Å². The Morgan fingerprint density at radius 1 is 1.19 bits per heavy atom. The normalized spacial score (nSPS) is 12.3. The highest BCUT2D eigenvalue weighted by Crippen LogP contribution is 2.28. The monoisotopic (exact) mass is 380 g/mol. The van der Waals surface area contributed by atoms with Crippen LogP contribution in [-0.4, -0.2) is 22.1 Å². The Labute approximate surface area is 153 Å². The molecule has 1 heterocycles. The number of para-hydroxylation sites is 3. The number of benzene rings is 2. The molecule has 0 bridgehead atoms. The number of nitrogens with zero attached hydrogens (tertiary/aromatic N) is 2. The lowest BCUT2D eigenvalue weighted by Crippen LogP contribution is -2.19. The minimum Gasteiger partial charge on any atom is -0.480 e. The smallest absolute Gasteiger partial charge is 0.344 e. The molecule has 1 aromatic heterocycles. The summed E-state index contributed by atoms with van der Waals surface area (Å²) in [4.78, 5) is 16.2. The summed E-state index contributed by atoms with van der Waals surface area (Å²) < 4.78 is 38.1. The second kappa shape index (κ2) is 7.70. The summed E-state index contributed by atoms with van der Waals surface area (Å²) >= 11 is 5.94. The molecule has 0 spiro atoms. The maximum Gasteiger partial charge on any atom is 0.344 e. The third-order valence-electron chi connectivity index (χ3n) is 3.67. The molecule has 8 heteroatoms. The van der Waals surface area contributed by atoms with E-state index >= 15 is 0 Å². The van der Waals surface area contributed by atoms with Crippen LogP contribution in [-0.2, 0) is 9.53 Å². The maximum atomic E-state index is 13.4. The molecule has 136 valence electrons. The van der Waals surface area contributed by atoms with Crippen molar-refractivity contribution in [2.75, 3.05) is 6.61 Å². The van der Waals surface area contributed by atoms with Gasteiger partial charge in [-0.15, -0.1) is 0 Å². The van der Waals surface area contributed by atoms with Gasteiger partial charge in [-0.25, -0.2) is 9.78 Å². The molecule has 1 atom stereocenters. The summed E-state index contributed by atoms with van der Waals surface area (Å²) in [7, 11) is 0. The number of hydrogen-bond acceptors (Lipinski definition) is 4. The summed E-state index contributed by atoms with van der Waals surface area (Å²) in [5, 5.41) is 0.354. The standard InChI is InChI=1S/C18H15ClF2N2O3/c1-11(26-16(24)10-25-15-9-5-2-6-12(15)19)17-22-13-7-3-4-8-14(13)23(17)18(20)21/h2-9,11,18H,10H2,1H3/t11-/m0/s1. The lowest BCUT2D eigenvalue weighted by Gasteiger charge is -2.15. The molecule has 0 saturated heterocycles. The van der Waals surface area contributed by atoms with Crippen molar-refractivity contribution in [2.45, 2.75) is 19.6 Å². The fourth-order valence-corrected chi connectivity index (χ4v) is 2.73. The second-order valence-electron chi connectivity index (χ2n) is 5.46. The summed E-state index contributed by atoms with van der Waals surface area (Å²) in [5.74, 6) is -0.420. The van der Waals surface area contributed by atoms with Crippen LogP contribution in [0.25, 0.3) is 11.0 Å². The zero-order valence-electron chi connectivity index (χ0n) is 13.7. The highest BCUT2D eigenvalue weighted by Gasteiger charge is 2.24. The van der Waals surface area contributed by atoms with Crippen LogP contribution in [0.3, 0.4) is 0 Å². The summed E-state index contributed by atoms with van der Waals surface area (Å²) in [6.45, 7) is -1.73. The third kappa shape index (κ3) is 3.77. The number of hydrogen-bond donors (Lipinski definition) is 0. The fourth-order valence-electron chi connectivity index (χ4n) is 2.54. The topological polar surface area (TPSA) is 53.4 Å². The van der Waals surface area contributed by atoms with Gasteiger partial charge in [-0.1, -0.05) is 35.9 Å². The molecule has 0 aliphatic rings. The molecule has 26 heavy (non-hydrogen) atoms. The highest BCUT2D eigenvalue weighted by atomic mass is 35.5. The Balaban J connectivity index is 1.72. The van der Waals surface area contributed by atoms with Crippen molar-refractivity contribution in [3.63, 3.8) is 0 Å². The van der Waals surface area contributed by atoms with Crippen LogP contribution in [0.2, 0.25) is 5.02 Å². The third-order valence-corrected chi connectivity index (χ3v) is 3.98. The number of aromatic nitrogens is 2. The van der Waals surface area contributed by atoms with Crippen LogP contribution in [0.15, 0.2) is 48.5 Å². The molecule has 0 N–H and O–H groups in total. The van der Waals surface area contributed by atoms with Crippen molar-refractivity contribution in [3.8, 4) is 5.75 Å². The Bertz CT molecular complexity index is 930. The van der Waals surface area contributed by atoms with Crippen molar-refractivity contribution in [2.24, 2.45) is 0 Å². The van der Waals surface area contributed by atoms with Crippen LogP contribution >= 0.6 is 11.6 Å². The minimum atomic E-state index is -2.81. The van der Waals surface area contributed by atoms with E-state index in [0.29, 0.717) is 16.3 Å². The number of carbonyl (C=O) groups excluding carboxylic acids is 1. The van der Waals surface area contributed by atoms with Crippen molar-refractivity contribution < 1.29 is 23.0 Å². The van der Waals surface area contributed by atoms with E-state index in [1.165, 1.54) is 13.0 Å². The quantitative estimate of drug-likeness (QED) is 0.578. The maximum absolute atomic E-state index is 13.4. The second-order valence-corrected chi connectivity index (χ2v) is 5.86. The van der Waals surface area contributed by atoms with E-state index in [1.54, 1.807) is 42.5 Å². The number of esters is 1. The largest absolute Gasteiger partial charge is 0.480 e. The van der Waals surface area contributed by atoms with Crippen molar-refractivity contribution in [3.05, 3.63) is 59.4 Å². The molecular formula is C18H15ClF2N2O3. The molecule has 0 radical (unpaired) electrons. The van der Waals surface area contributed by atoms with Crippen molar-refractivity contribution in [1.29, 1.82) is 0 Å². The first-order chi connectivity index (χ1) is 12.5. The molecule has 0 aliphatic carbocycles. The lowest BCUT2D eigenvalue weighted by molar-refractivity contribution is -0.151. The first-order valence-corrected chi connectivity index (χ1v) is 8.17. The Morgan fingerprint density at radius 2 is 1.88 bits per heavy atom.